The molecule has 0 radical (unpaired) electrons. The Morgan fingerprint density at radius 3 is 1.95 bits per heavy atom. The zero-order valence-electron chi connectivity index (χ0n) is 23.3. The van der Waals surface area contributed by atoms with E-state index in [1.54, 1.807) is 39.8 Å². The highest BCUT2D eigenvalue weighted by Crippen LogP contribution is 2.50. The Morgan fingerprint density at radius 2 is 1.45 bits per heavy atom. The molecule has 210 valence electrons. The molecule has 0 aromatic carbocycles. The van der Waals surface area contributed by atoms with Gasteiger partial charge in [0.25, 0.3) is 0 Å². The van der Waals surface area contributed by atoms with Crippen molar-refractivity contribution in [2.45, 2.75) is 92.1 Å². The minimum absolute atomic E-state index is 0.00247. The van der Waals surface area contributed by atoms with Gasteiger partial charge in [-0.2, -0.15) is 0 Å². The van der Waals surface area contributed by atoms with Gasteiger partial charge in [-0.15, -0.1) is 0 Å². The molecule has 1 fully saturated rings. The van der Waals surface area contributed by atoms with E-state index in [0.717, 1.165) is 20.8 Å². The summed E-state index contributed by atoms with van der Waals surface area (Å²) < 4.78 is 22.6. The van der Waals surface area contributed by atoms with Gasteiger partial charge in [0.05, 0.1) is 5.92 Å². The van der Waals surface area contributed by atoms with Crippen molar-refractivity contribution >= 4 is 35.4 Å². The van der Waals surface area contributed by atoms with Gasteiger partial charge < -0.3 is 18.9 Å². The molecule has 2 aliphatic carbocycles. The van der Waals surface area contributed by atoms with Gasteiger partial charge in [0.2, 0.25) is 0 Å². The number of hydrogen-bond donors (Lipinski definition) is 0. The maximum absolute atomic E-state index is 14.2. The molecule has 0 spiro atoms. The molecule has 2 aliphatic rings. The molecule has 0 aromatic heterocycles. The first-order valence-corrected chi connectivity index (χ1v) is 12.6. The summed E-state index contributed by atoms with van der Waals surface area (Å²) in [6.07, 6.45) is -0.871. The lowest BCUT2D eigenvalue weighted by molar-refractivity contribution is -0.185. The van der Waals surface area contributed by atoms with Crippen molar-refractivity contribution in [3.63, 3.8) is 0 Å². The van der Waals surface area contributed by atoms with Crippen molar-refractivity contribution in [2.24, 2.45) is 23.2 Å². The summed E-state index contributed by atoms with van der Waals surface area (Å²) in [6.45, 7) is 15.3. The summed E-state index contributed by atoms with van der Waals surface area (Å²) in [4.78, 5) is 76.4. The molecule has 38 heavy (non-hydrogen) atoms. The monoisotopic (exact) mass is 534 g/mol. The van der Waals surface area contributed by atoms with Crippen LogP contribution in [0.25, 0.3) is 0 Å². The van der Waals surface area contributed by atoms with Crippen LogP contribution in [-0.2, 0) is 47.7 Å². The van der Waals surface area contributed by atoms with Crippen molar-refractivity contribution in [1.82, 2.24) is 0 Å². The third-order valence-corrected chi connectivity index (χ3v) is 7.13. The lowest BCUT2D eigenvalue weighted by Gasteiger charge is -2.41. The molecule has 2 rings (SSSR count). The van der Waals surface area contributed by atoms with Gasteiger partial charge in [0, 0.05) is 57.4 Å². The van der Waals surface area contributed by atoms with Crippen molar-refractivity contribution in [2.75, 3.05) is 0 Å². The van der Waals surface area contributed by atoms with E-state index in [9.17, 15) is 28.8 Å². The molecule has 0 N–H and O–H groups in total. The van der Waals surface area contributed by atoms with E-state index in [-0.39, 0.29) is 24.2 Å². The number of rotatable bonds is 4. The van der Waals surface area contributed by atoms with Gasteiger partial charge >= 0.3 is 23.9 Å². The summed E-state index contributed by atoms with van der Waals surface area (Å²) >= 11 is 0. The van der Waals surface area contributed by atoms with E-state index >= 15 is 0 Å². The molecule has 10 nitrogen and oxygen atoms in total. The number of esters is 4. The van der Waals surface area contributed by atoms with Crippen LogP contribution in [0.5, 0.6) is 0 Å². The van der Waals surface area contributed by atoms with Crippen molar-refractivity contribution in [1.29, 1.82) is 0 Å². The highest BCUT2D eigenvalue weighted by molar-refractivity contribution is 5.94. The maximum atomic E-state index is 14.2. The minimum atomic E-state index is -1.88. The Hall–Kier alpha value is -3.30. The Labute approximate surface area is 223 Å². The van der Waals surface area contributed by atoms with Crippen molar-refractivity contribution < 1.29 is 47.7 Å². The fourth-order valence-corrected chi connectivity index (χ4v) is 5.40. The van der Waals surface area contributed by atoms with E-state index in [2.05, 4.69) is 6.58 Å². The van der Waals surface area contributed by atoms with Crippen LogP contribution in [0.3, 0.4) is 0 Å². The Morgan fingerprint density at radius 1 is 0.895 bits per heavy atom. The largest absolute Gasteiger partial charge is 0.462 e. The fraction of sp³-hybridized carbons (Fsp3) is 0.643. The first-order chi connectivity index (χ1) is 17.4. The fourth-order valence-electron chi connectivity index (χ4n) is 5.40. The van der Waals surface area contributed by atoms with E-state index < -0.39 is 76.7 Å². The Kier molecular flexibility index (Phi) is 9.45. The summed E-state index contributed by atoms with van der Waals surface area (Å²) in [7, 11) is 0. The van der Waals surface area contributed by atoms with Gasteiger partial charge in [0.1, 0.15) is 24.1 Å². The van der Waals surface area contributed by atoms with Crippen LogP contribution in [0.4, 0.5) is 0 Å². The molecule has 7 atom stereocenters. The zero-order valence-corrected chi connectivity index (χ0v) is 23.3. The number of ether oxygens (including phenoxy) is 4. The second-order valence-corrected chi connectivity index (χ2v) is 10.8. The van der Waals surface area contributed by atoms with E-state index in [1.807, 2.05) is 0 Å². The molecule has 0 heterocycles. The van der Waals surface area contributed by atoms with Crippen LogP contribution < -0.4 is 0 Å². The number of carbonyl (C=O) groups is 6. The molecule has 0 aliphatic heterocycles. The van der Waals surface area contributed by atoms with Crippen LogP contribution in [0.1, 0.15) is 68.2 Å². The summed E-state index contributed by atoms with van der Waals surface area (Å²) in [5.74, 6) is -6.31. The number of hydrogen-bond acceptors (Lipinski definition) is 10. The highest BCUT2D eigenvalue weighted by atomic mass is 16.6. The molecule has 1 saturated carbocycles. The molecule has 0 bridgehead atoms. The lowest BCUT2D eigenvalue weighted by atomic mass is 9.73. The third kappa shape index (κ3) is 6.57. The quantitative estimate of drug-likeness (QED) is 0.300. The number of Topliss-reactive ketones (excluding diaryl/α,β-unsaturated/α-hetero) is 2. The average Bonchev–Trinajstić information content (AvgIpc) is 3.03. The predicted octanol–water partition coefficient (Wildman–Crippen LogP) is 3.06. The van der Waals surface area contributed by atoms with Crippen LogP contribution in [0.15, 0.2) is 24.3 Å². The van der Waals surface area contributed by atoms with E-state index in [0.29, 0.717) is 0 Å². The molecule has 0 unspecified atom stereocenters. The topological polar surface area (TPSA) is 139 Å². The Balaban J connectivity index is 2.94. The van der Waals surface area contributed by atoms with Gasteiger partial charge in [-0.1, -0.05) is 32.6 Å². The number of fused-ring (bicyclic) bond motifs is 1. The SMILES string of the molecule is C=C1[C@H](OC(C)=O)CC(=O)C(C)(C)/C=C/[C@@H](C)C(=O)[C@@]2(OC(C)=O)C[C@H](C)[C@H](OC(C)=O)[C@@H]2[C@H]1OC(C)=O. The molecule has 10 heteroatoms. The summed E-state index contributed by atoms with van der Waals surface area (Å²) in [6, 6.07) is 0. The number of allylic oxidation sites excluding steroid dienone is 2. The molecular weight excluding hydrogens is 496 g/mol. The first kappa shape index (κ1) is 30.9. The van der Waals surface area contributed by atoms with Crippen LogP contribution in [-0.4, -0.2) is 59.4 Å². The normalized spacial score (nSPS) is 34.2. The van der Waals surface area contributed by atoms with Gasteiger partial charge in [0.15, 0.2) is 11.4 Å². The lowest BCUT2D eigenvalue weighted by Crippen LogP contribution is -2.57. The maximum Gasteiger partial charge on any atom is 0.303 e. The van der Waals surface area contributed by atoms with Crippen LogP contribution >= 0.6 is 0 Å². The highest BCUT2D eigenvalue weighted by Gasteiger charge is 2.65. The van der Waals surface area contributed by atoms with Gasteiger partial charge in [-0.05, 0) is 19.8 Å². The van der Waals surface area contributed by atoms with Crippen molar-refractivity contribution in [3.05, 3.63) is 24.3 Å². The van der Waals surface area contributed by atoms with Gasteiger partial charge in [-0.3, -0.25) is 28.8 Å². The first-order valence-electron chi connectivity index (χ1n) is 12.6. The number of ketones is 2. The van der Waals surface area contributed by atoms with Gasteiger partial charge in [-0.25, -0.2) is 0 Å². The summed E-state index contributed by atoms with van der Waals surface area (Å²) in [5.41, 5.74) is -2.94. The molecular formula is C28H38O10. The standard InChI is InChI=1S/C28H38O10/c1-14-10-11-27(8,9)22(33)12-21(35-17(4)29)16(3)25(37-19(6)31)23-24(36-18(5)30)15(2)13-28(23,26(14)34)38-20(7)32/h10-11,14-15,21,23-25H,3,12-13H2,1-2,4-9H3/b11-10+/t14-,15+,21-,23-,24+,25+,28-/m1/s1. The second-order valence-electron chi connectivity index (χ2n) is 10.8. The van der Waals surface area contributed by atoms with Crippen LogP contribution in [0.2, 0.25) is 0 Å². The zero-order chi connectivity index (χ0) is 29.2. The average molecular weight is 535 g/mol. The van der Waals surface area contributed by atoms with Crippen molar-refractivity contribution in [3.8, 4) is 0 Å². The van der Waals surface area contributed by atoms with E-state index in [4.69, 9.17) is 18.9 Å². The number of carbonyl (C=O) groups excluding carboxylic acids is 6. The smallest absolute Gasteiger partial charge is 0.303 e. The molecule has 0 saturated heterocycles. The predicted molar refractivity (Wildman–Crippen MR) is 134 cm³/mol. The molecule has 0 aromatic rings. The third-order valence-electron chi connectivity index (χ3n) is 7.13. The minimum Gasteiger partial charge on any atom is -0.462 e. The molecule has 0 amide bonds. The van der Waals surface area contributed by atoms with Crippen LogP contribution in [0, 0.1) is 23.2 Å². The summed E-state index contributed by atoms with van der Waals surface area (Å²) in [5, 5.41) is 0. The van der Waals surface area contributed by atoms with E-state index in [1.165, 1.54) is 6.92 Å². The Bertz CT molecular complexity index is 1050. The second kappa shape index (κ2) is 11.6.